The van der Waals surface area contributed by atoms with Gasteiger partial charge in [0.05, 0.1) is 5.84 Å². The van der Waals surface area contributed by atoms with Gasteiger partial charge in [0.25, 0.3) is 0 Å². The van der Waals surface area contributed by atoms with Crippen LogP contribution >= 0.6 is 0 Å². The molecule has 2 N–H and O–H groups in total. The molecule has 0 bridgehead atoms. The molecule has 3 heteroatoms. The van der Waals surface area contributed by atoms with Crippen molar-refractivity contribution in [2.75, 3.05) is 6.54 Å². The Bertz CT molecular complexity index is 304. The normalized spacial score (nSPS) is 11.7. The SMILES string of the molecule is CC(N)=NCCc1cccc([18F])c1. The topological polar surface area (TPSA) is 38.4 Å². The summed E-state index contributed by atoms with van der Waals surface area (Å²) in [7, 11) is 0. The van der Waals surface area contributed by atoms with Crippen LogP contribution in [0.2, 0.25) is 0 Å². The summed E-state index contributed by atoms with van der Waals surface area (Å²) >= 11 is 0. The molecule has 0 fully saturated rings. The third kappa shape index (κ3) is 3.69. The summed E-state index contributed by atoms with van der Waals surface area (Å²) in [6, 6.07) is 6.52. The molecular weight excluding hydrogens is 166 g/mol. The second-order valence-electron chi connectivity index (χ2n) is 2.90. The number of amidine groups is 1. The Labute approximate surface area is 77.3 Å². The molecule has 0 saturated heterocycles. The van der Waals surface area contributed by atoms with Crippen molar-refractivity contribution in [2.45, 2.75) is 13.3 Å². The van der Waals surface area contributed by atoms with E-state index in [1.165, 1.54) is 12.1 Å². The first kappa shape index (κ1) is 9.71. The zero-order valence-electron chi connectivity index (χ0n) is 7.63. The molecular formula is C10H13FN2. The van der Waals surface area contributed by atoms with Crippen molar-refractivity contribution in [3.63, 3.8) is 0 Å². The van der Waals surface area contributed by atoms with Gasteiger partial charge in [-0.2, -0.15) is 0 Å². The largest absolute Gasteiger partial charge is 0.388 e. The average molecular weight is 179 g/mol. The van der Waals surface area contributed by atoms with Crippen molar-refractivity contribution in [1.82, 2.24) is 0 Å². The van der Waals surface area contributed by atoms with Crippen LogP contribution in [0.5, 0.6) is 0 Å². The Hall–Kier alpha value is -1.38. The monoisotopic (exact) mass is 179 g/mol. The first-order chi connectivity index (χ1) is 6.18. The van der Waals surface area contributed by atoms with Gasteiger partial charge < -0.3 is 5.73 Å². The minimum Gasteiger partial charge on any atom is -0.388 e. The third-order valence-electron chi connectivity index (χ3n) is 1.65. The van der Waals surface area contributed by atoms with E-state index in [1.807, 2.05) is 6.07 Å². The van der Waals surface area contributed by atoms with Crippen LogP contribution in [0.15, 0.2) is 29.3 Å². The van der Waals surface area contributed by atoms with Crippen molar-refractivity contribution in [1.29, 1.82) is 0 Å². The fraction of sp³-hybridized carbons (Fsp3) is 0.300. The van der Waals surface area contributed by atoms with Gasteiger partial charge in [-0.3, -0.25) is 4.99 Å². The number of halogens is 1. The van der Waals surface area contributed by atoms with Gasteiger partial charge in [-0.05, 0) is 31.0 Å². The highest BCUT2D eigenvalue weighted by molar-refractivity contribution is 5.77. The fourth-order valence-corrected chi connectivity index (χ4v) is 1.05. The maximum Gasteiger partial charge on any atom is 0.123 e. The highest BCUT2D eigenvalue weighted by Crippen LogP contribution is 2.03. The first-order valence-corrected chi connectivity index (χ1v) is 4.19. The van der Waals surface area contributed by atoms with Crippen LogP contribution in [-0.4, -0.2) is 12.4 Å². The van der Waals surface area contributed by atoms with Gasteiger partial charge in [0.15, 0.2) is 0 Å². The summed E-state index contributed by atoms with van der Waals surface area (Å²) < 4.78 is 12.7. The molecule has 0 atom stereocenters. The summed E-state index contributed by atoms with van der Waals surface area (Å²) in [5, 5.41) is 0. The van der Waals surface area contributed by atoms with Crippen molar-refractivity contribution in [2.24, 2.45) is 10.7 Å². The van der Waals surface area contributed by atoms with E-state index in [-0.39, 0.29) is 5.82 Å². The lowest BCUT2D eigenvalue weighted by molar-refractivity contribution is 0.625. The Morgan fingerprint density at radius 3 is 2.92 bits per heavy atom. The van der Waals surface area contributed by atoms with Crippen LogP contribution in [-0.2, 0) is 6.42 Å². The number of rotatable bonds is 3. The van der Waals surface area contributed by atoms with Crippen LogP contribution in [0.1, 0.15) is 12.5 Å². The maximum absolute atomic E-state index is 12.7. The maximum atomic E-state index is 12.7. The molecule has 0 heterocycles. The zero-order valence-corrected chi connectivity index (χ0v) is 7.63. The molecule has 0 radical (unpaired) electrons. The summed E-state index contributed by atoms with van der Waals surface area (Å²) in [5.74, 6) is 0.363. The molecule has 0 aliphatic carbocycles. The Morgan fingerprint density at radius 2 is 2.31 bits per heavy atom. The number of nitrogens with two attached hydrogens (primary N) is 1. The van der Waals surface area contributed by atoms with E-state index in [2.05, 4.69) is 4.99 Å². The van der Waals surface area contributed by atoms with Gasteiger partial charge in [-0.1, -0.05) is 12.1 Å². The zero-order chi connectivity index (χ0) is 9.68. The Morgan fingerprint density at radius 1 is 1.54 bits per heavy atom. The minimum absolute atomic E-state index is 0.203. The number of nitrogens with zero attached hydrogens (tertiary/aromatic N) is 1. The Kier molecular flexibility index (Phi) is 3.43. The number of hydrogen-bond acceptors (Lipinski definition) is 1. The van der Waals surface area contributed by atoms with Gasteiger partial charge in [0, 0.05) is 6.54 Å². The molecule has 13 heavy (non-hydrogen) atoms. The minimum atomic E-state index is -0.203. The van der Waals surface area contributed by atoms with Crippen LogP contribution in [0, 0.1) is 5.82 Å². The lowest BCUT2D eigenvalue weighted by Gasteiger charge is -1.98. The molecule has 1 aromatic carbocycles. The van der Waals surface area contributed by atoms with Gasteiger partial charge >= 0.3 is 0 Å². The molecule has 1 rings (SSSR count). The van der Waals surface area contributed by atoms with Crippen LogP contribution in [0.25, 0.3) is 0 Å². The Balaban J connectivity index is 2.50. The third-order valence-corrected chi connectivity index (χ3v) is 1.65. The molecule has 0 amide bonds. The highest BCUT2D eigenvalue weighted by Gasteiger charge is 1.93. The first-order valence-electron chi connectivity index (χ1n) is 4.19. The van der Waals surface area contributed by atoms with E-state index in [0.717, 1.165) is 12.0 Å². The predicted molar refractivity (Wildman–Crippen MR) is 52.3 cm³/mol. The number of hydrogen-bond donors (Lipinski definition) is 1. The lowest BCUT2D eigenvalue weighted by atomic mass is 10.1. The molecule has 0 aliphatic heterocycles. The fourth-order valence-electron chi connectivity index (χ4n) is 1.05. The van der Waals surface area contributed by atoms with E-state index in [4.69, 9.17) is 5.73 Å². The second kappa shape index (κ2) is 4.60. The quantitative estimate of drug-likeness (QED) is 0.557. The summed E-state index contributed by atoms with van der Waals surface area (Å²) in [5.41, 5.74) is 6.31. The molecule has 0 aromatic heterocycles. The molecule has 1 aromatic rings. The molecule has 0 unspecified atom stereocenters. The van der Waals surface area contributed by atoms with Crippen molar-refractivity contribution >= 4 is 5.84 Å². The van der Waals surface area contributed by atoms with E-state index < -0.39 is 0 Å². The van der Waals surface area contributed by atoms with Crippen molar-refractivity contribution in [3.05, 3.63) is 35.6 Å². The smallest absolute Gasteiger partial charge is 0.123 e. The summed E-state index contributed by atoms with van der Waals surface area (Å²) in [4.78, 5) is 4.02. The average Bonchev–Trinajstić information content (AvgIpc) is 2.03. The number of aliphatic imine (C=N–C) groups is 1. The predicted octanol–water partition coefficient (Wildman–Crippen LogP) is 1.75. The highest BCUT2D eigenvalue weighted by atomic mass is 18.2. The molecule has 70 valence electrons. The summed E-state index contributed by atoms with van der Waals surface area (Å²) in [6.45, 7) is 2.36. The molecule has 0 saturated carbocycles. The van der Waals surface area contributed by atoms with Crippen molar-refractivity contribution < 1.29 is 4.39 Å². The van der Waals surface area contributed by atoms with Gasteiger partial charge in [0.2, 0.25) is 0 Å². The number of benzene rings is 1. The standard InChI is InChI=1S/C10H13FN2/c1-8(12)13-6-5-9-3-2-4-10(11)7-9/h2-4,7H,5-6H2,1H3,(H2,12,13)/i11-1. The van der Waals surface area contributed by atoms with Gasteiger partial charge in [-0.15, -0.1) is 0 Å². The molecule has 2 nitrogen and oxygen atoms in total. The second-order valence-corrected chi connectivity index (χ2v) is 2.90. The van der Waals surface area contributed by atoms with Crippen LogP contribution < -0.4 is 5.73 Å². The molecule has 0 aliphatic rings. The van der Waals surface area contributed by atoms with Crippen LogP contribution in [0.3, 0.4) is 0 Å². The van der Waals surface area contributed by atoms with E-state index in [0.29, 0.717) is 12.4 Å². The molecule has 0 spiro atoms. The van der Waals surface area contributed by atoms with Crippen molar-refractivity contribution in [3.8, 4) is 0 Å². The van der Waals surface area contributed by atoms with E-state index in [9.17, 15) is 4.39 Å². The lowest BCUT2D eigenvalue weighted by Crippen LogP contribution is -2.06. The van der Waals surface area contributed by atoms with E-state index in [1.54, 1.807) is 13.0 Å². The van der Waals surface area contributed by atoms with Crippen LogP contribution in [0.4, 0.5) is 4.39 Å². The van der Waals surface area contributed by atoms with Gasteiger partial charge in [-0.25, -0.2) is 4.39 Å². The van der Waals surface area contributed by atoms with E-state index >= 15 is 0 Å². The van der Waals surface area contributed by atoms with Gasteiger partial charge in [0.1, 0.15) is 5.82 Å². The summed E-state index contributed by atoms with van der Waals surface area (Å²) in [6.07, 6.45) is 0.728.